The molecule has 0 spiro atoms. The highest BCUT2D eigenvalue weighted by Gasteiger charge is 2.31. The van der Waals surface area contributed by atoms with Gasteiger partial charge in [-0.3, -0.25) is 0 Å². The van der Waals surface area contributed by atoms with Gasteiger partial charge in [-0.05, 0) is 24.8 Å². The standard InChI is InChI=1S/C16H16N2OS/c19-16-17-14-10-4-9-13(14)15(18-16)20-11-5-8-12-6-2-1-3-7-12/h1-3,5-8,13H,4,9-11H2/b8-5+. The minimum atomic E-state index is -0.326. The minimum Gasteiger partial charge on any atom is -0.244 e. The van der Waals surface area contributed by atoms with Crippen LogP contribution in [0.1, 0.15) is 24.8 Å². The van der Waals surface area contributed by atoms with E-state index in [4.69, 9.17) is 0 Å². The van der Waals surface area contributed by atoms with Gasteiger partial charge >= 0.3 is 6.03 Å². The van der Waals surface area contributed by atoms with Gasteiger partial charge in [0.15, 0.2) is 0 Å². The molecule has 0 aromatic heterocycles. The van der Waals surface area contributed by atoms with Gasteiger partial charge in [0, 0.05) is 17.4 Å². The molecule has 0 N–H and O–H groups in total. The average Bonchev–Trinajstić information content (AvgIpc) is 2.92. The van der Waals surface area contributed by atoms with Gasteiger partial charge in [0.1, 0.15) is 0 Å². The number of hydrogen-bond acceptors (Lipinski definition) is 2. The second-order valence-corrected chi connectivity index (χ2v) is 5.94. The van der Waals surface area contributed by atoms with Crippen molar-refractivity contribution in [3.63, 3.8) is 0 Å². The van der Waals surface area contributed by atoms with Gasteiger partial charge in [-0.1, -0.05) is 42.5 Å². The van der Waals surface area contributed by atoms with Gasteiger partial charge in [-0.25, -0.2) is 9.79 Å². The molecule has 0 saturated heterocycles. The van der Waals surface area contributed by atoms with Crippen LogP contribution in [0.2, 0.25) is 0 Å². The van der Waals surface area contributed by atoms with E-state index in [1.807, 2.05) is 18.2 Å². The normalized spacial score (nSPS) is 21.8. The molecule has 4 heteroatoms. The van der Waals surface area contributed by atoms with Crippen LogP contribution in [0.5, 0.6) is 0 Å². The molecule has 1 aliphatic heterocycles. The molecule has 2 amide bonds. The molecule has 1 saturated carbocycles. The largest absolute Gasteiger partial charge is 0.367 e. The van der Waals surface area contributed by atoms with Crippen LogP contribution in [0.3, 0.4) is 0 Å². The monoisotopic (exact) mass is 284 g/mol. The lowest BCUT2D eigenvalue weighted by molar-refractivity contribution is 0.256. The Bertz CT molecular complexity index is 590. The summed E-state index contributed by atoms with van der Waals surface area (Å²) in [5.41, 5.74) is 2.23. The quantitative estimate of drug-likeness (QED) is 0.834. The lowest BCUT2D eigenvalue weighted by Gasteiger charge is -2.15. The molecule has 0 bridgehead atoms. The number of hydrogen-bond donors (Lipinski definition) is 0. The molecule has 20 heavy (non-hydrogen) atoms. The van der Waals surface area contributed by atoms with E-state index in [0.717, 1.165) is 35.8 Å². The van der Waals surface area contributed by atoms with E-state index < -0.39 is 0 Å². The van der Waals surface area contributed by atoms with Gasteiger partial charge < -0.3 is 0 Å². The Hall–Kier alpha value is -1.68. The lowest BCUT2D eigenvalue weighted by Crippen LogP contribution is -2.22. The predicted octanol–water partition coefficient (Wildman–Crippen LogP) is 4.21. The van der Waals surface area contributed by atoms with Crippen molar-refractivity contribution in [3.8, 4) is 0 Å². The number of benzene rings is 1. The number of carbonyl (C=O) groups is 1. The van der Waals surface area contributed by atoms with E-state index >= 15 is 0 Å². The molecule has 2 aliphatic rings. The zero-order valence-electron chi connectivity index (χ0n) is 11.2. The number of rotatable bonds is 3. The van der Waals surface area contributed by atoms with E-state index in [9.17, 15) is 4.79 Å². The maximum absolute atomic E-state index is 11.5. The summed E-state index contributed by atoms with van der Waals surface area (Å²) in [4.78, 5) is 19.6. The fourth-order valence-electron chi connectivity index (χ4n) is 2.56. The number of urea groups is 1. The molecule has 102 valence electrons. The first-order chi connectivity index (χ1) is 9.83. The van der Waals surface area contributed by atoms with E-state index in [0.29, 0.717) is 5.92 Å². The molecule has 1 aromatic rings. The maximum Gasteiger partial charge on any atom is 0.367 e. The van der Waals surface area contributed by atoms with Crippen molar-refractivity contribution in [1.82, 2.24) is 0 Å². The number of thioether (sulfide) groups is 1. The third-order valence-electron chi connectivity index (χ3n) is 3.51. The van der Waals surface area contributed by atoms with E-state index in [-0.39, 0.29) is 6.03 Å². The molecule has 1 fully saturated rings. The predicted molar refractivity (Wildman–Crippen MR) is 85.5 cm³/mol. The van der Waals surface area contributed by atoms with E-state index in [1.165, 1.54) is 5.56 Å². The second kappa shape index (κ2) is 6.18. The van der Waals surface area contributed by atoms with Crippen molar-refractivity contribution in [3.05, 3.63) is 42.0 Å². The number of nitrogens with zero attached hydrogens (tertiary/aromatic N) is 2. The highest BCUT2D eigenvalue weighted by molar-refractivity contribution is 8.14. The number of aliphatic imine (C=N–C) groups is 2. The first-order valence-corrected chi connectivity index (χ1v) is 7.86. The third-order valence-corrected chi connectivity index (χ3v) is 4.54. The highest BCUT2D eigenvalue weighted by Crippen LogP contribution is 2.31. The van der Waals surface area contributed by atoms with Crippen molar-refractivity contribution in [1.29, 1.82) is 0 Å². The van der Waals surface area contributed by atoms with Crippen LogP contribution in [0.15, 0.2) is 46.4 Å². The Morgan fingerprint density at radius 3 is 2.95 bits per heavy atom. The molecular formula is C16H16N2OS. The first kappa shape index (κ1) is 13.3. The van der Waals surface area contributed by atoms with Crippen molar-refractivity contribution in [2.24, 2.45) is 15.9 Å². The minimum absolute atomic E-state index is 0.308. The van der Waals surface area contributed by atoms with Gasteiger partial charge in [0.2, 0.25) is 0 Å². The van der Waals surface area contributed by atoms with Crippen molar-refractivity contribution in [2.45, 2.75) is 19.3 Å². The summed E-state index contributed by atoms with van der Waals surface area (Å²) in [6.45, 7) is 0. The van der Waals surface area contributed by atoms with E-state index in [1.54, 1.807) is 11.8 Å². The average molecular weight is 284 g/mol. The fraction of sp³-hybridized carbons (Fsp3) is 0.312. The SMILES string of the molecule is O=C1N=C2CCCC2C(SC/C=C/c2ccccc2)=N1. The summed E-state index contributed by atoms with van der Waals surface area (Å²) in [6.07, 6.45) is 7.38. The van der Waals surface area contributed by atoms with Crippen molar-refractivity contribution in [2.75, 3.05) is 5.75 Å². The van der Waals surface area contributed by atoms with Gasteiger partial charge in [0.05, 0.1) is 5.04 Å². The molecule has 1 atom stereocenters. The molecular weight excluding hydrogens is 268 g/mol. The lowest BCUT2D eigenvalue weighted by atomic mass is 10.1. The topological polar surface area (TPSA) is 41.8 Å². The van der Waals surface area contributed by atoms with Gasteiger partial charge in [0.25, 0.3) is 0 Å². The Balaban J connectivity index is 1.59. The Morgan fingerprint density at radius 2 is 2.10 bits per heavy atom. The molecule has 1 aliphatic carbocycles. The van der Waals surface area contributed by atoms with E-state index in [2.05, 4.69) is 34.3 Å². The van der Waals surface area contributed by atoms with Crippen LogP contribution in [0.4, 0.5) is 4.79 Å². The number of fused-ring (bicyclic) bond motifs is 1. The van der Waals surface area contributed by atoms with Crippen LogP contribution in [-0.2, 0) is 0 Å². The number of amides is 2. The molecule has 3 rings (SSSR count). The Morgan fingerprint density at radius 1 is 1.25 bits per heavy atom. The summed E-state index contributed by atoms with van der Waals surface area (Å²) in [6, 6.07) is 9.88. The third kappa shape index (κ3) is 3.07. The van der Waals surface area contributed by atoms with Gasteiger partial charge in [-0.2, -0.15) is 4.99 Å². The van der Waals surface area contributed by atoms with Crippen LogP contribution in [-0.4, -0.2) is 22.5 Å². The summed E-state index contributed by atoms with van der Waals surface area (Å²) in [5.74, 6) is 1.15. The summed E-state index contributed by atoms with van der Waals surface area (Å²) >= 11 is 1.66. The zero-order valence-corrected chi connectivity index (χ0v) is 12.0. The smallest absolute Gasteiger partial charge is 0.244 e. The summed E-state index contributed by atoms with van der Waals surface area (Å²) < 4.78 is 0. The molecule has 1 aromatic carbocycles. The summed E-state index contributed by atoms with van der Waals surface area (Å²) in [7, 11) is 0. The van der Waals surface area contributed by atoms with Crippen LogP contribution in [0, 0.1) is 5.92 Å². The molecule has 1 heterocycles. The Labute approximate surface area is 122 Å². The van der Waals surface area contributed by atoms with Crippen LogP contribution in [0.25, 0.3) is 6.08 Å². The van der Waals surface area contributed by atoms with Gasteiger partial charge in [-0.15, -0.1) is 11.8 Å². The zero-order chi connectivity index (χ0) is 13.8. The maximum atomic E-state index is 11.5. The van der Waals surface area contributed by atoms with Crippen molar-refractivity contribution < 1.29 is 4.79 Å². The van der Waals surface area contributed by atoms with Crippen LogP contribution < -0.4 is 0 Å². The highest BCUT2D eigenvalue weighted by atomic mass is 32.2. The summed E-state index contributed by atoms with van der Waals surface area (Å²) in [5, 5.41) is 0.954. The fourth-order valence-corrected chi connectivity index (χ4v) is 3.52. The molecule has 1 unspecified atom stereocenters. The first-order valence-electron chi connectivity index (χ1n) is 6.87. The molecule has 3 nitrogen and oxygen atoms in total. The Kier molecular flexibility index (Phi) is 4.11. The van der Waals surface area contributed by atoms with Crippen molar-refractivity contribution >= 4 is 34.6 Å². The number of carbonyl (C=O) groups excluding carboxylic acids is 1. The second-order valence-electron chi connectivity index (χ2n) is 4.90. The molecule has 0 radical (unpaired) electrons. The van der Waals surface area contributed by atoms with Crippen LogP contribution >= 0.6 is 11.8 Å².